The van der Waals surface area contributed by atoms with Gasteiger partial charge in [0.15, 0.2) is 11.6 Å². The molecule has 9 nitrogen and oxygen atoms in total. The van der Waals surface area contributed by atoms with Gasteiger partial charge in [0.25, 0.3) is 0 Å². The second-order valence-corrected chi connectivity index (χ2v) is 9.38. The Morgan fingerprint density at radius 3 is 2.38 bits per heavy atom. The number of benzene rings is 1. The summed E-state index contributed by atoms with van der Waals surface area (Å²) in [7, 11) is 0. The van der Waals surface area contributed by atoms with Crippen LogP contribution in [0, 0.1) is 5.92 Å². The standard InChI is InChI=1S/C25H38N4O5/c1-17(2)11-20(14-30)27-16-26-18(3)24(33)13-25(34)23-5-4-10-29(23)28-21(15-31)12-19-6-8-22(32)9-7-19/h6-9,14-15,17-18,20-21,23,26-28,32H,4-5,10-13,16H2,1-3H3/t18-,20-,21-,23-/m0/s1. The summed E-state index contributed by atoms with van der Waals surface area (Å²) < 4.78 is 0. The molecule has 0 aromatic heterocycles. The van der Waals surface area contributed by atoms with Crippen molar-refractivity contribution in [3.8, 4) is 5.75 Å². The Bertz CT molecular complexity index is 814. The van der Waals surface area contributed by atoms with Crippen molar-refractivity contribution < 1.29 is 24.3 Å². The highest BCUT2D eigenvalue weighted by Crippen LogP contribution is 2.19. The molecule has 0 bridgehead atoms. The molecule has 0 amide bonds. The summed E-state index contributed by atoms with van der Waals surface area (Å²) in [6.07, 6.45) is 4.05. The summed E-state index contributed by atoms with van der Waals surface area (Å²) in [4.78, 5) is 48.2. The molecule has 1 saturated heterocycles. The zero-order valence-electron chi connectivity index (χ0n) is 20.3. The third kappa shape index (κ3) is 9.06. The second-order valence-electron chi connectivity index (χ2n) is 9.38. The Morgan fingerprint density at radius 2 is 1.76 bits per heavy atom. The molecule has 9 heteroatoms. The molecule has 0 saturated carbocycles. The maximum absolute atomic E-state index is 12.9. The highest BCUT2D eigenvalue weighted by atomic mass is 16.3. The van der Waals surface area contributed by atoms with Crippen LogP contribution in [0.15, 0.2) is 24.3 Å². The van der Waals surface area contributed by atoms with Gasteiger partial charge in [0.1, 0.15) is 18.3 Å². The Labute approximate surface area is 201 Å². The van der Waals surface area contributed by atoms with E-state index in [1.165, 1.54) is 0 Å². The molecule has 4 atom stereocenters. The maximum Gasteiger partial charge on any atom is 0.158 e. The fourth-order valence-corrected chi connectivity index (χ4v) is 4.07. The summed E-state index contributed by atoms with van der Waals surface area (Å²) in [5, 5.41) is 17.3. The van der Waals surface area contributed by atoms with Crippen molar-refractivity contribution in [3.63, 3.8) is 0 Å². The van der Waals surface area contributed by atoms with Gasteiger partial charge in [-0.1, -0.05) is 26.0 Å². The number of Topliss-reactive ketones (excluding diaryl/α,β-unsaturated/α-hetero) is 2. The predicted octanol–water partition coefficient (Wildman–Crippen LogP) is 1.14. The predicted molar refractivity (Wildman–Crippen MR) is 129 cm³/mol. The molecule has 0 spiro atoms. The van der Waals surface area contributed by atoms with Gasteiger partial charge in [-0.2, -0.15) is 0 Å². The maximum atomic E-state index is 12.9. The summed E-state index contributed by atoms with van der Waals surface area (Å²) in [6, 6.07) is 4.87. The van der Waals surface area contributed by atoms with Gasteiger partial charge in [0.05, 0.1) is 30.6 Å². The first-order valence-electron chi connectivity index (χ1n) is 12.0. The van der Waals surface area contributed by atoms with Crippen LogP contribution < -0.4 is 16.1 Å². The molecule has 0 aliphatic carbocycles. The Kier molecular flexibility index (Phi) is 11.5. The minimum absolute atomic E-state index is 0.160. The quantitative estimate of drug-likeness (QED) is 0.158. The van der Waals surface area contributed by atoms with Crippen LogP contribution in [0.2, 0.25) is 0 Å². The van der Waals surface area contributed by atoms with Gasteiger partial charge in [-0.15, -0.1) is 0 Å². The molecular weight excluding hydrogens is 436 g/mol. The highest BCUT2D eigenvalue weighted by molar-refractivity contribution is 6.03. The van der Waals surface area contributed by atoms with Gasteiger partial charge < -0.3 is 14.7 Å². The average molecular weight is 475 g/mol. The van der Waals surface area contributed by atoms with E-state index in [1.54, 1.807) is 36.2 Å². The van der Waals surface area contributed by atoms with E-state index < -0.39 is 18.1 Å². The van der Waals surface area contributed by atoms with Crippen molar-refractivity contribution in [1.82, 2.24) is 21.1 Å². The normalized spacial score (nSPS) is 19.0. The number of nitrogens with zero attached hydrogens (tertiary/aromatic N) is 1. The second kappa shape index (κ2) is 14.1. The van der Waals surface area contributed by atoms with E-state index in [9.17, 15) is 24.3 Å². The van der Waals surface area contributed by atoms with E-state index >= 15 is 0 Å². The van der Waals surface area contributed by atoms with Gasteiger partial charge in [-0.05, 0) is 56.2 Å². The van der Waals surface area contributed by atoms with Gasteiger partial charge in [0, 0.05) is 13.2 Å². The monoisotopic (exact) mass is 474 g/mol. The van der Waals surface area contributed by atoms with Gasteiger partial charge >= 0.3 is 0 Å². The van der Waals surface area contributed by atoms with E-state index in [1.807, 2.05) is 13.8 Å². The fourth-order valence-electron chi connectivity index (χ4n) is 4.07. The lowest BCUT2D eigenvalue weighted by Crippen LogP contribution is -2.52. The molecule has 1 heterocycles. The fraction of sp³-hybridized carbons (Fsp3) is 0.600. The summed E-state index contributed by atoms with van der Waals surface area (Å²) in [6.45, 7) is 6.70. The largest absolute Gasteiger partial charge is 0.508 e. The molecule has 2 rings (SSSR count). The minimum atomic E-state index is -0.525. The zero-order valence-corrected chi connectivity index (χ0v) is 20.3. The lowest BCUT2D eigenvalue weighted by molar-refractivity contribution is -0.131. The first kappa shape index (κ1) is 27.8. The van der Waals surface area contributed by atoms with Gasteiger partial charge in [0.2, 0.25) is 0 Å². The van der Waals surface area contributed by atoms with E-state index in [4.69, 9.17) is 0 Å². The average Bonchev–Trinajstić information content (AvgIpc) is 3.27. The topological polar surface area (TPSA) is 128 Å². The van der Waals surface area contributed by atoms with E-state index in [0.717, 1.165) is 24.6 Å². The van der Waals surface area contributed by atoms with Gasteiger partial charge in [-0.25, -0.2) is 10.4 Å². The van der Waals surface area contributed by atoms with Crippen LogP contribution in [0.4, 0.5) is 0 Å². The SMILES string of the molecule is CC(C)C[C@@H](C=O)NCN[C@@H](C)C(=O)CC(=O)[C@@H]1CCCN1N[C@H](C=O)Cc1ccc(O)cc1. The number of phenolic OH excluding ortho intramolecular Hbond substituents is 1. The van der Waals surface area contributed by atoms with Crippen molar-refractivity contribution >= 4 is 24.1 Å². The van der Waals surface area contributed by atoms with Crippen molar-refractivity contribution in [2.45, 2.75) is 77.0 Å². The molecule has 188 valence electrons. The molecule has 1 aromatic rings. The zero-order chi connectivity index (χ0) is 25.1. The van der Waals surface area contributed by atoms with E-state index in [-0.39, 0.29) is 29.8 Å². The highest BCUT2D eigenvalue weighted by Gasteiger charge is 2.33. The number of hydrogen-bond acceptors (Lipinski definition) is 9. The number of carbonyl (C=O) groups excluding carboxylic acids is 4. The lowest BCUT2D eigenvalue weighted by atomic mass is 10.0. The van der Waals surface area contributed by atoms with E-state index in [2.05, 4.69) is 16.1 Å². The van der Waals surface area contributed by atoms with Crippen LogP contribution >= 0.6 is 0 Å². The number of nitrogens with one attached hydrogen (secondary N) is 3. The summed E-state index contributed by atoms with van der Waals surface area (Å²) in [5.41, 5.74) is 4.03. The van der Waals surface area contributed by atoms with Crippen LogP contribution in [-0.2, 0) is 25.6 Å². The summed E-state index contributed by atoms with van der Waals surface area (Å²) >= 11 is 0. The number of aldehydes is 2. The van der Waals surface area contributed by atoms with Crippen LogP contribution in [-0.4, -0.2) is 71.6 Å². The first-order chi connectivity index (χ1) is 16.2. The third-order valence-corrected chi connectivity index (χ3v) is 6.01. The van der Waals surface area contributed by atoms with Crippen molar-refractivity contribution in [2.75, 3.05) is 13.2 Å². The van der Waals surface area contributed by atoms with Crippen LogP contribution in [0.3, 0.4) is 0 Å². The van der Waals surface area contributed by atoms with Crippen LogP contribution in [0.25, 0.3) is 0 Å². The molecule has 4 N–H and O–H groups in total. The number of phenols is 1. The number of carbonyl (C=O) groups is 4. The Hall–Kier alpha value is -2.46. The molecule has 0 radical (unpaired) electrons. The summed E-state index contributed by atoms with van der Waals surface area (Å²) in [5.74, 6) is 0.160. The van der Waals surface area contributed by atoms with Crippen LogP contribution in [0.5, 0.6) is 5.75 Å². The van der Waals surface area contributed by atoms with Crippen molar-refractivity contribution in [1.29, 1.82) is 0 Å². The molecule has 1 aliphatic heterocycles. The number of hydrazine groups is 1. The molecule has 1 aromatic carbocycles. The number of hydrogen-bond donors (Lipinski definition) is 4. The van der Waals surface area contributed by atoms with E-state index in [0.29, 0.717) is 38.4 Å². The Morgan fingerprint density at radius 1 is 1.09 bits per heavy atom. The number of aromatic hydroxyl groups is 1. The van der Waals surface area contributed by atoms with Gasteiger partial charge in [-0.3, -0.25) is 20.2 Å². The minimum Gasteiger partial charge on any atom is -0.508 e. The van der Waals surface area contributed by atoms with Crippen molar-refractivity contribution in [2.24, 2.45) is 5.92 Å². The molecule has 1 aliphatic rings. The molecule has 34 heavy (non-hydrogen) atoms. The first-order valence-corrected chi connectivity index (χ1v) is 12.0. The number of ketones is 2. The molecule has 1 fully saturated rings. The lowest BCUT2D eigenvalue weighted by Gasteiger charge is -2.27. The smallest absolute Gasteiger partial charge is 0.158 e. The molecule has 0 unspecified atom stereocenters. The molecular formula is C25H38N4O5. The van der Waals surface area contributed by atoms with Crippen LogP contribution in [0.1, 0.15) is 52.0 Å². The van der Waals surface area contributed by atoms with Crippen molar-refractivity contribution in [3.05, 3.63) is 29.8 Å². The Balaban J connectivity index is 1.82. The number of rotatable bonds is 16. The third-order valence-electron chi connectivity index (χ3n) is 6.01.